The van der Waals surface area contributed by atoms with Crippen LogP contribution in [-0.2, 0) is 5.88 Å². The molecule has 29 heavy (non-hydrogen) atoms. The van der Waals surface area contributed by atoms with E-state index in [0.717, 1.165) is 16.4 Å². The number of aromatic nitrogens is 6. The molecule has 0 bridgehead atoms. The van der Waals surface area contributed by atoms with Gasteiger partial charge in [0.2, 0.25) is 0 Å². The number of thioether (sulfide) groups is 1. The zero-order chi connectivity index (χ0) is 19.6. The van der Waals surface area contributed by atoms with Crippen molar-refractivity contribution in [3.63, 3.8) is 0 Å². The molecule has 0 unspecified atom stereocenters. The number of rotatable bonds is 5. The van der Waals surface area contributed by atoms with E-state index in [4.69, 9.17) is 0 Å². The maximum Gasteiger partial charge on any atom is 0.278 e. The molecule has 7 nitrogen and oxygen atoms in total. The molecule has 9 heteroatoms. The highest BCUT2D eigenvalue weighted by molar-refractivity contribution is 7.98. The molecular weight excluding hydrogens is 404 g/mol. The molecule has 0 aliphatic heterocycles. The fourth-order valence-corrected chi connectivity index (χ4v) is 4.49. The number of fused-ring (bicyclic) bond motifs is 1. The highest BCUT2D eigenvalue weighted by Crippen LogP contribution is 2.30. The van der Waals surface area contributed by atoms with Gasteiger partial charge in [-0.25, -0.2) is 0 Å². The summed E-state index contributed by atoms with van der Waals surface area (Å²) in [7, 11) is 0. The summed E-state index contributed by atoms with van der Waals surface area (Å²) in [6.07, 6.45) is 0. The van der Waals surface area contributed by atoms with Crippen molar-refractivity contribution >= 4 is 34.0 Å². The normalized spacial score (nSPS) is 11.2. The lowest BCUT2D eigenvalue weighted by Crippen LogP contribution is -2.23. The fraction of sp³-hybridized carbons (Fsp3) is 0.0500. The van der Waals surface area contributed by atoms with Gasteiger partial charge >= 0.3 is 0 Å². The molecule has 0 aliphatic rings. The van der Waals surface area contributed by atoms with Gasteiger partial charge in [-0.05, 0) is 35.7 Å². The van der Waals surface area contributed by atoms with Crippen molar-refractivity contribution in [1.82, 2.24) is 29.8 Å². The number of benzene rings is 2. The Morgan fingerprint density at radius 3 is 2.55 bits per heavy atom. The molecule has 0 saturated heterocycles. The summed E-state index contributed by atoms with van der Waals surface area (Å²) >= 11 is 3.00. The van der Waals surface area contributed by atoms with Gasteiger partial charge in [-0.3, -0.25) is 9.36 Å². The zero-order valence-electron chi connectivity index (χ0n) is 15.0. The summed E-state index contributed by atoms with van der Waals surface area (Å²) in [5, 5.41) is 20.2. The number of hydrogen-bond acceptors (Lipinski definition) is 7. The second kappa shape index (κ2) is 7.61. The third-order valence-electron chi connectivity index (χ3n) is 4.33. The van der Waals surface area contributed by atoms with E-state index < -0.39 is 0 Å². The lowest BCUT2D eigenvalue weighted by Gasteiger charge is -2.09. The smallest absolute Gasteiger partial charge is 0.269 e. The largest absolute Gasteiger partial charge is 0.278 e. The zero-order valence-corrected chi connectivity index (χ0v) is 16.7. The average molecular weight is 419 g/mol. The summed E-state index contributed by atoms with van der Waals surface area (Å²) in [5.41, 5.74) is 1.37. The summed E-state index contributed by atoms with van der Waals surface area (Å²) < 4.78 is 3.35. The van der Waals surface area contributed by atoms with Crippen LogP contribution in [0.5, 0.6) is 0 Å². The first-order valence-corrected chi connectivity index (χ1v) is 10.7. The Balaban J connectivity index is 1.52. The first kappa shape index (κ1) is 17.8. The van der Waals surface area contributed by atoms with Crippen LogP contribution in [0.25, 0.3) is 27.3 Å². The molecule has 2 aromatic carbocycles. The minimum Gasteiger partial charge on any atom is -0.269 e. The Hall–Kier alpha value is -3.30. The molecule has 0 radical (unpaired) electrons. The van der Waals surface area contributed by atoms with E-state index in [1.165, 1.54) is 16.4 Å². The van der Waals surface area contributed by atoms with Gasteiger partial charge in [-0.15, -0.1) is 26.6 Å². The highest BCUT2D eigenvalue weighted by atomic mass is 32.2. The van der Waals surface area contributed by atoms with E-state index in [-0.39, 0.29) is 11.4 Å². The Bertz CT molecular complexity index is 1330. The molecule has 5 aromatic rings. The van der Waals surface area contributed by atoms with Gasteiger partial charge in [-0.1, -0.05) is 53.4 Å². The van der Waals surface area contributed by atoms with Crippen LogP contribution in [0.2, 0.25) is 0 Å². The van der Waals surface area contributed by atoms with Gasteiger partial charge in [0.05, 0.1) is 16.1 Å². The van der Waals surface area contributed by atoms with Gasteiger partial charge in [0.1, 0.15) is 5.52 Å². The van der Waals surface area contributed by atoms with Gasteiger partial charge in [-0.2, -0.15) is 4.68 Å². The van der Waals surface area contributed by atoms with Crippen LogP contribution in [0.4, 0.5) is 0 Å². The first-order valence-electron chi connectivity index (χ1n) is 8.81. The molecule has 3 aromatic heterocycles. The number of nitrogens with zero attached hydrogens (tertiary/aromatic N) is 6. The topological polar surface area (TPSA) is 78.5 Å². The van der Waals surface area contributed by atoms with Crippen LogP contribution in [0.3, 0.4) is 0 Å². The Morgan fingerprint density at radius 1 is 0.897 bits per heavy atom. The Labute approximate surface area is 173 Å². The van der Waals surface area contributed by atoms with E-state index in [9.17, 15) is 4.79 Å². The minimum absolute atomic E-state index is 0.174. The van der Waals surface area contributed by atoms with Crippen molar-refractivity contribution < 1.29 is 0 Å². The van der Waals surface area contributed by atoms with Crippen molar-refractivity contribution in [1.29, 1.82) is 0 Å². The van der Waals surface area contributed by atoms with Crippen molar-refractivity contribution in [3.8, 4) is 16.4 Å². The molecule has 0 aliphatic carbocycles. The third-order valence-corrected chi connectivity index (χ3v) is 6.10. The predicted octanol–water partition coefficient (Wildman–Crippen LogP) is 3.85. The third kappa shape index (κ3) is 3.34. The van der Waals surface area contributed by atoms with Gasteiger partial charge in [0.25, 0.3) is 5.56 Å². The molecule has 3 heterocycles. The summed E-state index contributed by atoms with van der Waals surface area (Å²) in [5.74, 6) is 1.05. The molecule has 0 atom stereocenters. The quantitative estimate of drug-likeness (QED) is 0.404. The van der Waals surface area contributed by atoms with Crippen LogP contribution >= 0.6 is 23.1 Å². The molecular formula is C20H14N6OS2. The molecule has 0 saturated carbocycles. The molecule has 142 valence electrons. The van der Waals surface area contributed by atoms with Crippen LogP contribution in [0, 0.1) is 0 Å². The fourth-order valence-electron chi connectivity index (χ4n) is 2.97. The second-order valence-electron chi connectivity index (χ2n) is 6.14. The van der Waals surface area contributed by atoms with Gasteiger partial charge in [0.15, 0.2) is 11.0 Å². The van der Waals surface area contributed by atoms with Crippen molar-refractivity contribution in [2.24, 2.45) is 0 Å². The van der Waals surface area contributed by atoms with E-state index >= 15 is 0 Å². The van der Waals surface area contributed by atoms with Crippen LogP contribution in [0.15, 0.2) is 82.1 Å². The van der Waals surface area contributed by atoms with Crippen LogP contribution in [-0.4, -0.2) is 29.8 Å². The number of thiophene rings is 1. The summed E-state index contributed by atoms with van der Waals surface area (Å²) in [6, 6.07) is 21.1. The lowest BCUT2D eigenvalue weighted by molar-refractivity contribution is 0.643. The van der Waals surface area contributed by atoms with E-state index in [1.54, 1.807) is 23.5 Å². The monoisotopic (exact) mass is 418 g/mol. The molecule has 0 spiro atoms. The van der Waals surface area contributed by atoms with E-state index in [1.807, 2.05) is 64.5 Å². The lowest BCUT2D eigenvalue weighted by atomic mass is 10.2. The summed E-state index contributed by atoms with van der Waals surface area (Å²) in [6.45, 7) is 0. The van der Waals surface area contributed by atoms with Gasteiger partial charge in [0, 0.05) is 5.69 Å². The Morgan fingerprint density at radius 2 is 1.72 bits per heavy atom. The molecule has 5 rings (SSSR count). The van der Waals surface area contributed by atoms with E-state index in [0.29, 0.717) is 16.1 Å². The molecule has 0 N–H and O–H groups in total. The van der Waals surface area contributed by atoms with E-state index in [2.05, 4.69) is 20.5 Å². The van der Waals surface area contributed by atoms with Crippen molar-refractivity contribution in [3.05, 3.63) is 82.5 Å². The molecule has 0 fully saturated rings. The van der Waals surface area contributed by atoms with Crippen molar-refractivity contribution in [2.75, 3.05) is 0 Å². The van der Waals surface area contributed by atoms with Crippen LogP contribution < -0.4 is 5.56 Å². The Kier molecular flexibility index (Phi) is 4.66. The second-order valence-corrected chi connectivity index (χ2v) is 8.00. The predicted molar refractivity (Wildman–Crippen MR) is 114 cm³/mol. The molecule has 0 amide bonds. The minimum atomic E-state index is -0.174. The average Bonchev–Trinajstić information content (AvgIpc) is 3.44. The number of hydrogen-bond donors (Lipinski definition) is 0. The maximum absolute atomic E-state index is 12.7. The van der Waals surface area contributed by atoms with Crippen molar-refractivity contribution in [2.45, 2.75) is 11.0 Å². The first-order chi connectivity index (χ1) is 14.3. The highest BCUT2D eigenvalue weighted by Gasteiger charge is 2.17. The van der Waals surface area contributed by atoms with Crippen LogP contribution in [0.1, 0.15) is 0 Å². The SMILES string of the molecule is O=c1c2ccccc2nnn1CSc1nnc(-c2cccs2)n1-c1ccccc1. The standard InChI is InChI=1S/C20H14N6OS2/c27-19-15-9-4-5-10-16(15)21-24-25(19)13-29-20-23-22-18(17-11-6-12-28-17)26(20)14-7-2-1-3-8-14/h1-12H,13H2. The summed E-state index contributed by atoms with van der Waals surface area (Å²) in [4.78, 5) is 13.7. The maximum atomic E-state index is 12.7. The van der Waals surface area contributed by atoms with Gasteiger partial charge < -0.3 is 0 Å². The number of para-hydroxylation sites is 1.